The Labute approximate surface area is 137 Å². The van der Waals surface area contributed by atoms with Crippen LogP contribution in [-0.2, 0) is 4.79 Å². The van der Waals surface area contributed by atoms with Gasteiger partial charge in [0.25, 0.3) is 6.43 Å². The topological polar surface area (TPSA) is 85.8 Å². The summed E-state index contributed by atoms with van der Waals surface area (Å²) in [6.45, 7) is 3.14. The van der Waals surface area contributed by atoms with Crippen LogP contribution in [0.25, 0.3) is 11.2 Å². The molecule has 2 aromatic heterocycles. The number of halogens is 3. The van der Waals surface area contributed by atoms with Crippen molar-refractivity contribution in [3.05, 3.63) is 17.5 Å². The van der Waals surface area contributed by atoms with E-state index in [2.05, 4.69) is 15.3 Å². The first-order valence-electron chi connectivity index (χ1n) is 7.14. The first-order chi connectivity index (χ1) is 10.8. The van der Waals surface area contributed by atoms with Gasteiger partial charge < -0.3 is 15.6 Å². The van der Waals surface area contributed by atoms with Crippen molar-refractivity contribution in [3.8, 4) is 0 Å². The van der Waals surface area contributed by atoms with Gasteiger partial charge in [-0.1, -0.05) is 18.5 Å². The third kappa shape index (κ3) is 4.07. The molecule has 2 unspecified atom stereocenters. The number of fused-ring (bicyclic) bond motifs is 1. The van der Waals surface area contributed by atoms with Gasteiger partial charge in [0, 0.05) is 18.0 Å². The van der Waals surface area contributed by atoms with Crippen molar-refractivity contribution in [2.45, 2.75) is 32.7 Å². The van der Waals surface area contributed by atoms with Gasteiger partial charge in [-0.15, -0.1) is 0 Å². The normalized spacial score (nSPS) is 14.2. The average Bonchev–Trinajstić information content (AvgIpc) is 2.88. The molecular formula is C14H18ClF2N5O. The lowest BCUT2D eigenvalue weighted by Gasteiger charge is -2.17. The number of imidazole rings is 1. The van der Waals surface area contributed by atoms with E-state index in [1.54, 1.807) is 17.8 Å². The molecule has 126 valence electrons. The zero-order valence-corrected chi connectivity index (χ0v) is 13.5. The highest BCUT2D eigenvalue weighted by atomic mass is 35.5. The zero-order chi connectivity index (χ0) is 17.1. The fourth-order valence-corrected chi connectivity index (χ4v) is 2.55. The average molecular weight is 346 g/mol. The molecule has 2 rings (SSSR count). The number of hydrogen-bond donors (Lipinski definition) is 2. The van der Waals surface area contributed by atoms with Gasteiger partial charge in [-0.25, -0.2) is 18.7 Å². The molecule has 23 heavy (non-hydrogen) atoms. The summed E-state index contributed by atoms with van der Waals surface area (Å²) in [5.41, 5.74) is 6.61. The summed E-state index contributed by atoms with van der Waals surface area (Å²) < 4.78 is 26.5. The molecule has 0 aliphatic heterocycles. The highest BCUT2D eigenvalue weighted by molar-refractivity contribution is 6.30. The summed E-state index contributed by atoms with van der Waals surface area (Å²) in [4.78, 5) is 19.7. The SMILES string of the molecule is CC(CC(C)n1cnc2c(NCC(F)F)cc(Cl)nc21)C(N)=O. The molecule has 0 radical (unpaired) electrons. The maximum absolute atomic E-state index is 12.4. The predicted octanol–water partition coefficient (Wildman–Crippen LogP) is 2.83. The Kier molecular flexibility index (Phi) is 5.35. The first-order valence-corrected chi connectivity index (χ1v) is 7.51. The predicted molar refractivity (Wildman–Crippen MR) is 84.7 cm³/mol. The van der Waals surface area contributed by atoms with Crippen molar-refractivity contribution >= 4 is 34.4 Å². The standard InChI is InChI=1S/C14H18ClF2N5O/c1-7(13(18)23)3-8(2)22-6-20-12-9(19-5-11(16)17)4-10(15)21-14(12)22/h4,6-8,11H,3,5H2,1-2H3,(H2,18,23)(H,19,21). The molecule has 9 heteroatoms. The molecule has 2 atom stereocenters. The minimum atomic E-state index is -2.49. The van der Waals surface area contributed by atoms with E-state index < -0.39 is 13.0 Å². The smallest absolute Gasteiger partial charge is 0.255 e. The van der Waals surface area contributed by atoms with Gasteiger partial charge in [0.05, 0.1) is 18.6 Å². The van der Waals surface area contributed by atoms with Crippen LogP contribution >= 0.6 is 11.6 Å². The van der Waals surface area contributed by atoms with Crippen LogP contribution in [0.1, 0.15) is 26.3 Å². The second-order valence-electron chi connectivity index (χ2n) is 5.48. The lowest BCUT2D eigenvalue weighted by atomic mass is 10.0. The summed E-state index contributed by atoms with van der Waals surface area (Å²) in [6.07, 6.45) is -0.427. The number of anilines is 1. The lowest BCUT2D eigenvalue weighted by molar-refractivity contribution is -0.121. The fraction of sp³-hybridized carbons (Fsp3) is 0.500. The minimum Gasteiger partial charge on any atom is -0.377 e. The number of aromatic nitrogens is 3. The molecule has 0 fully saturated rings. The van der Waals surface area contributed by atoms with Crippen LogP contribution in [0.3, 0.4) is 0 Å². The fourth-order valence-electron chi connectivity index (χ4n) is 2.36. The Morgan fingerprint density at radius 2 is 2.17 bits per heavy atom. The molecule has 2 heterocycles. The van der Waals surface area contributed by atoms with Crippen LogP contribution in [0, 0.1) is 5.92 Å². The molecule has 1 amide bonds. The number of pyridine rings is 1. The molecule has 0 aromatic carbocycles. The molecule has 0 aliphatic rings. The molecule has 0 spiro atoms. The molecule has 0 bridgehead atoms. The van der Waals surface area contributed by atoms with Gasteiger partial charge in [-0.05, 0) is 13.3 Å². The third-order valence-corrected chi connectivity index (χ3v) is 3.79. The van der Waals surface area contributed by atoms with E-state index in [9.17, 15) is 13.6 Å². The molecule has 3 N–H and O–H groups in total. The van der Waals surface area contributed by atoms with Crippen LogP contribution in [0.2, 0.25) is 5.15 Å². The van der Waals surface area contributed by atoms with E-state index in [0.717, 1.165) is 0 Å². The Hall–Kier alpha value is -1.96. The van der Waals surface area contributed by atoms with E-state index in [1.807, 2.05) is 6.92 Å². The summed E-state index contributed by atoms with van der Waals surface area (Å²) >= 11 is 5.98. The summed E-state index contributed by atoms with van der Waals surface area (Å²) in [7, 11) is 0. The van der Waals surface area contributed by atoms with E-state index in [-0.39, 0.29) is 23.0 Å². The molecule has 0 saturated carbocycles. The van der Waals surface area contributed by atoms with Crippen molar-refractivity contribution in [1.82, 2.24) is 14.5 Å². The van der Waals surface area contributed by atoms with Crippen LogP contribution in [0.4, 0.5) is 14.5 Å². The lowest BCUT2D eigenvalue weighted by Crippen LogP contribution is -2.23. The summed E-state index contributed by atoms with van der Waals surface area (Å²) in [5, 5.41) is 2.79. The number of primary amides is 1. The number of nitrogens with two attached hydrogens (primary N) is 1. The zero-order valence-electron chi connectivity index (χ0n) is 12.8. The molecule has 0 aliphatic carbocycles. The van der Waals surface area contributed by atoms with Crippen LogP contribution < -0.4 is 11.1 Å². The number of rotatable bonds is 7. The Morgan fingerprint density at radius 3 is 2.78 bits per heavy atom. The number of alkyl halides is 2. The monoisotopic (exact) mass is 345 g/mol. The van der Waals surface area contributed by atoms with Crippen molar-refractivity contribution in [2.24, 2.45) is 11.7 Å². The van der Waals surface area contributed by atoms with E-state index in [4.69, 9.17) is 17.3 Å². The highest BCUT2D eigenvalue weighted by Crippen LogP contribution is 2.28. The molecular weight excluding hydrogens is 328 g/mol. The number of hydrogen-bond acceptors (Lipinski definition) is 4. The molecule has 6 nitrogen and oxygen atoms in total. The van der Waals surface area contributed by atoms with E-state index in [0.29, 0.717) is 23.3 Å². The molecule has 0 saturated heterocycles. The van der Waals surface area contributed by atoms with Crippen LogP contribution in [0.5, 0.6) is 0 Å². The minimum absolute atomic E-state index is 0.101. The number of nitrogens with zero attached hydrogens (tertiary/aromatic N) is 3. The maximum Gasteiger partial charge on any atom is 0.255 e. The van der Waals surface area contributed by atoms with E-state index in [1.165, 1.54) is 6.07 Å². The van der Waals surface area contributed by atoms with Crippen molar-refractivity contribution in [1.29, 1.82) is 0 Å². The number of nitrogens with one attached hydrogen (secondary N) is 1. The van der Waals surface area contributed by atoms with Crippen molar-refractivity contribution < 1.29 is 13.6 Å². The van der Waals surface area contributed by atoms with Gasteiger partial charge in [-0.2, -0.15) is 0 Å². The largest absolute Gasteiger partial charge is 0.377 e. The van der Waals surface area contributed by atoms with Gasteiger partial charge in [0.15, 0.2) is 5.65 Å². The number of carbonyl (C=O) groups excluding carboxylic acids is 1. The maximum atomic E-state index is 12.4. The second kappa shape index (κ2) is 7.08. The summed E-state index contributed by atoms with van der Waals surface area (Å²) in [6, 6.07) is 1.36. The number of amides is 1. The highest BCUT2D eigenvalue weighted by Gasteiger charge is 2.19. The third-order valence-electron chi connectivity index (χ3n) is 3.60. The Morgan fingerprint density at radius 1 is 1.48 bits per heavy atom. The second-order valence-corrected chi connectivity index (χ2v) is 5.86. The van der Waals surface area contributed by atoms with Gasteiger partial charge in [0.1, 0.15) is 10.7 Å². The van der Waals surface area contributed by atoms with Crippen LogP contribution in [0.15, 0.2) is 12.4 Å². The summed E-state index contributed by atoms with van der Waals surface area (Å²) in [5.74, 6) is -0.690. The van der Waals surface area contributed by atoms with Gasteiger partial charge >= 0.3 is 0 Å². The number of carbonyl (C=O) groups is 1. The van der Waals surface area contributed by atoms with E-state index >= 15 is 0 Å². The van der Waals surface area contributed by atoms with Gasteiger partial charge in [0.2, 0.25) is 5.91 Å². The van der Waals surface area contributed by atoms with Gasteiger partial charge in [-0.3, -0.25) is 4.79 Å². The Bertz CT molecular complexity index is 706. The van der Waals surface area contributed by atoms with Crippen molar-refractivity contribution in [2.75, 3.05) is 11.9 Å². The first kappa shape index (κ1) is 17.4. The van der Waals surface area contributed by atoms with Crippen molar-refractivity contribution in [3.63, 3.8) is 0 Å². The molecule has 2 aromatic rings. The quantitative estimate of drug-likeness (QED) is 0.755. The Balaban J connectivity index is 2.34. The van der Waals surface area contributed by atoms with Crippen LogP contribution in [-0.4, -0.2) is 33.4 Å².